The summed E-state index contributed by atoms with van der Waals surface area (Å²) in [7, 11) is 0. The topological polar surface area (TPSA) is 58.6 Å². The van der Waals surface area contributed by atoms with E-state index >= 15 is 0 Å². The molecule has 0 saturated carbocycles. The number of halogens is 1. The molecule has 5 nitrogen and oxygen atoms in total. The van der Waals surface area contributed by atoms with Crippen molar-refractivity contribution in [1.82, 2.24) is 10.2 Å². The molecule has 3 amide bonds. The van der Waals surface area contributed by atoms with Crippen LogP contribution < -0.4 is 10.1 Å². The van der Waals surface area contributed by atoms with E-state index in [9.17, 15) is 9.59 Å². The van der Waals surface area contributed by atoms with Crippen molar-refractivity contribution in [2.45, 2.75) is 6.54 Å². The number of imide groups is 1. The van der Waals surface area contributed by atoms with Gasteiger partial charge in [0.05, 0.1) is 11.0 Å². The van der Waals surface area contributed by atoms with Crippen LogP contribution in [0.2, 0.25) is 0 Å². The van der Waals surface area contributed by atoms with Crippen molar-refractivity contribution in [3.8, 4) is 5.75 Å². The molecule has 0 aromatic heterocycles. The first-order valence-corrected chi connectivity index (χ1v) is 8.79. The average molecular weight is 413 g/mol. The maximum absolute atomic E-state index is 12.5. The number of benzene rings is 2. The van der Waals surface area contributed by atoms with Gasteiger partial charge in [0.1, 0.15) is 18.1 Å². The smallest absolute Gasteiger partial charge is 0.329 e. The van der Waals surface area contributed by atoms with E-state index in [4.69, 9.17) is 4.74 Å². The third-order valence-corrected chi connectivity index (χ3v) is 4.39. The molecule has 1 heterocycles. The molecule has 132 valence electrons. The van der Waals surface area contributed by atoms with Gasteiger partial charge in [-0.15, -0.1) is 0 Å². The van der Waals surface area contributed by atoms with Crippen molar-refractivity contribution in [2.75, 3.05) is 6.61 Å². The van der Waals surface area contributed by atoms with Gasteiger partial charge in [0.15, 0.2) is 0 Å². The number of carbonyl (C=O) groups excluding carboxylic acids is 2. The minimum Gasteiger partial charge on any atom is -0.488 e. The number of carbonyl (C=O) groups is 2. The Kier molecular flexibility index (Phi) is 5.53. The van der Waals surface area contributed by atoms with Crippen LogP contribution in [0.4, 0.5) is 4.79 Å². The van der Waals surface area contributed by atoms with Gasteiger partial charge < -0.3 is 10.1 Å². The number of nitrogens with one attached hydrogen (secondary N) is 1. The monoisotopic (exact) mass is 412 g/mol. The predicted molar refractivity (Wildman–Crippen MR) is 103 cm³/mol. The fourth-order valence-corrected chi connectivity index (χ4v) is 3.03. The summed E-state index contributed by atoms with van der Waals surface area (Å²) in [6.07, 6.45) is 3.31. The van der Waals surface area contributed by atoms with E-state index in [1.807, 2.05) is 42.5 Å². The molecule has 0 atom stereocenters. The highest BCUT2D eigenvalue weighted by molar-refractivity contribution is 9.10. The number of nitrogens with zero attached hydrogens (tertiary/aromatic N) is 1. The fourth-order valence-electron chi connectivity index (χ4n) is 2.52. The number of amides is 3. The van der Waals surface area contributed by atoms with Crippen LogP contribution in [0, 0.1) is 0 Å². The molecule has 2 aromatic carbocycles. The van der Waals surface area contributed by atoms with Crippen LogP contribution in [-0.2, 0) is 11.3 Å². The minimum absolute atomic E-state index is 0.237. The summed E-state index contributed by atoms with van der Waals surface area (Å²) in [4.78, 5) is 25.9. The summed E-state index contributed by atoms with van der Waals surface area (Å²) in [5.41, 5.74) is 1.91. The van der Waals surface area contributed by atoms with Crippen LogP contribution in [0.25, 0.3) is 6.08 Å². The third kappa shape index (κ3) is 4.03. The van der Waals surface area contributed by atoms with Crippen molar-refractivity contribution in [2.24, 2.45) is 0 Å². The molecular formula is C20H17BrN2O3. The van der Waals surface area contributed by atoms with E-state index in [1.165, 1.54) is 4.90 Å². The Balaban J connectivity index is 1.77. The number of hydrogen-bond donors (Lipinski definition) is 1. The molecule has 1 fully saturated rings. The second-order valence-corrected chi connectivity index (χ2v) is 6.51. The van der Waals surface area contributed by atoms with Crippen LogP contribution >= 0.6 is 15.9 Å². The number of rotatable bonds is 6. The van der Waals surface area contributed by atoms with E-state index < -0.39 is 6.03 Å². The van der Waals surface area contributed by atoms with Crippen molar-refractivity contribution in [3.05, 3.63) is 82.5 Å². The first kappa shape index (κ1) is 17.9. The van der Waals surface area contributed by atoms with E-state index in [2.05, 4.69) is 27.8 Å². The Morgan fingerprint density at radius 2 is 1.92 bits per heavy atom. The molecule has 1 saturated heterocycles. The highest BCUT2D eigenvalue weighted by Gasteiger charge is 2.33. The Bertz CT molecular complexity index is 878. The van der Waals surface area contributed by atoms with Crippen molar-refractivity contribution >= 4 is 33.9 Å². The lowest BCUT2D eigenvalue weighted by molar-refractivity contribution is -0.123. The van der Waals surface area contributed by atoms with E-state index in [-0.39, 0.29) is 18.1 Å². The van der Waals surface area contributed by atoms with Gasteiger partial charge in [-0.1, -0.05) is 49.1 Å². The van der Waals surface area contributed by atoms with E-state index in [0.29, 0.717) is 12.4 Å². The van der Waals surface area contributed by atoms with Gasteiger partial charge in [-0.2, -0.15) is 0 Å². The standard InChI is InChI=1S/C20H17BrN2O3/c1-2-10-26-18-9-8-15(11-16(18)21)12-17-19(24)23(20(25)22-17)13-14-6-4-3-5-7-14/h2-9,11-12H,1,10,13H2,(H,22,25)/b17-12+. The summed E-state index contributed by atoms with van der Waals surface area (Å²) in [6, 6.07) is 14.4. The molecule has 1 aliphatic heterocycles. The molecule has 0 spiro atoms. The molecule has 0 radical (unpaired) electrons. The van der Waals surface area contributed by atoms with E-state index in [0.717, 1.165) is 15.6 Å². The Morgan fingerprint density at radius 1 is 1.15 bits per heavy atom. The maximum atomic E-state index is 12.5. The number of ether oxygens (including phenoxy) is 1. The quantitative estimate of drug-likeness (QED) is 0.441. The highest BCUT2D eigenvalue weighted by Crippen LogP contribution is 2.27. The zero-order chi connectivity index (χ0) is 18.5. The van der Waals surface area contributed by atoms with Crippen molar-refractivity contribution < 1.29 is 14.3 Å². The van der Waals surface area contributed by atoms with Crippen LogP contribution in [0.5, 0.6) is 5.75 Å². The summed E-state index contributed by atoms with van der Waals surface area (Å²) in [6.45, 7) is 4.25. The zero-order valence-electron chi connectivity index (χ0n) is 13.9. The minimum atomic E-state index is -0.421. The van der Waals surface area contributed by atoms with Gasteiger partial charge in [-0.25, -0.2) is 4.79 Å². The SMILES string of the molecule is C=CCOc1ccc(/C=C2/NC(=O)N(Cc3ccccc3)C2=O)cc1Br. The molecule has 0 bridgehead atoms. The molecule has 1 aliphatic rings. The maximum Gasteiger partial charge on any atom is 0.329 e. The highest BCUT2D eigenvalue weighted by atomic mass is 79.9. The average Bonchev–Trinajstić information content (AvgIpc) is 2.89. The second-order valence-electron chi connectivity index (χ2n) is 5.65. The molecule has 0 unspecified atom stereocenters. The van der Waals surface area contributed by atoms with Gasteiger partial charge in [-0.3, -0.25) is 9.69 Å². The first-order valence-electron chi connectivity index (χ1n) is 8.00. The molecular weight excluding hydrogens is 396 g/mol. The van der Waals surface area contributed by atoms with Crippen LogP contribution in [0.3, 0.4) is 0 Å². The van der Waals surface area contributed by atoms with Crippen LogP contribution in [-0.4, -0.2) is 23.4 Å². The van der Waals surface area contributed by atoms with Gasteiger partial charge in [0, 0.05) is 0 Å². The molecule has 0 aliphatic carbocycles. The Hall–Kier alpha value is -2.86. The molecule has 2 aromatic rings. The number of urea groups is 1. The van der Waals surface area contributed by atoms with Crippen LogP contribution in [0.1, 0.15) is 11.1 Å². The molecule has 1 N–H and O–H groups in total. The lowest BCUT2D eigenvalue weighted by Crippen LogP contribution is -2.30. The Morgan fingerprint density at radius 3 is 2.62 bits per heavy atom. The lowest BCUT2D eigenvalue weighted by Gasteiger charge is -2.11. The summed E-state index contributed by atoms with van der Waals surface area (Å²) < 4.78 is 6.26. The van der Waals surface area contributed by atoms with Crippen molar-refractivity contribution in [1.29, 1.82) is 0 Å². The van der Waals surface area contributed by atoms with Crippen LogP contribution in [0.15, 0.2) is 71.4 Å². The summed E-state index contributed by atoms with van der Waals surface area (Å²) in [5, 5.41) is 2.63. The molecule has 26 heavy (non-hydrogen) atoms. The largest absolute Gasteiger partial charge is 0.488 e. The van der Waals surface area contributed by atoms with Gasteiger partial charge in [0.25, 0.3) is 5.91 Å². The van der Waals surface area contributed by atoms with Gasteiger partial charge >= 0.3 is 6.03 Å². The van der Waals surface area contributed by atoms with Gasteiger partial charge in [-0.05, 0) is 45.3 Å². The summed E-state index contributed by atoms with van der Waals surface area (Å²) in [5.74, 6) is 0.335. The third-order valence-electron chi connectivity index (χ3n) is 3.77. The van der Waals surface area contributed by atoms with Crippen molar-refractivity contribution in [3.63, 3.8) is 0 Å². The second kappa shape index (κ2) is 8.01. The van der Waals surface area contributed by atoms with E-state index in [1.54, 1.807) is 18.2 Å². The predicted octanol–water partition coefficient (Wildman–Crippen LogP) is 4.11. The number of hydrogen-bond acceptors (Lipinski definition) is 3. The molecule has 3 rings (SSSR count). The Labute approximate surface area is 160 Å². The summed E-state index contributed by atoms with van der Waals surface area (Å²) >= 11 is 3.44. The molecule has 6 heteroatoms. The van der Waals surface area contributed by atoms with Gasteiger partial charge in [0.2, 0.25) is 0 Å². The lowest BCUT2D eigenvalue weighted by atomic mass is 10.1. The zero-order valence-corrected chi connectivity index (χ0v) is 15.5. The normalized spacial score (nSPS) is 15.3. The fraction of sp³-hybridized carbons (Fsp3) is 0.100. The first-order chi connectivity index (χ1) is 12.6.